The molecule has 0 bridgehead atoms. The minimum Gasteiger partial charge on any atom is -0.505 e. The van der Waals surface area contributed by atoms with Crippen molar-refractivity contribution >= 4 is 18.9 Å². The van der Waals surface area contributed by atoms with Gasteiger partial charge in [-0.15, -0.1) is 0 Å². The minimum absolute atomic E-state index is 0.00602. The lowest BCUT2D eigenvalue weighted by molar-refractivity contribution is 0.388. The van der Waals surface area contributed by atoms with E-state index in [4.69, 9.17) is 8.85 Å². The quantitative estimate of drug-likeness (QED) is 0.212. The topological polar surface area (TPSA) is 18.5 Å². The fraction of sp³-hybridized carbons (Fsp3) is 0.415. The summed E-state index contributed by atoms with van der Waals surface area (Å²) < 4.78 is 15.3. The molecule has 2 nitrogen and oxygen atoms in total. The normalized spacial score (nSPS) is 15.3. The van der Waals surface area contributed by atoms with Crippen LogP contribution in [0.5, 0.6) is 11.5 Å². The van der Waals surface area contributed by atoms with E-state index >= 15 is 0 Å². The van der Waals surface area contributed by atoms with Crippen molar-refractivity contribution in [3.63, 3.8) is 0 Å². The van der Waals surface area contributed by atoms with Crippen molar-refractivity contribution in [3.05, 3.63) is 118 Å². The molecule has 1 aliphatic heterocycles. The SMILES string of the molecule is CC(C)(C)c1cc2c(c(C(C)(C)C)c1)O[Si](c1ccccc1)(c1ccccc1)Oc1c(cc(C(C)(C)C)cc1C(C)(C)C)C2. The Bertz CT molecular complexity index is 1520. The molecule has 0 fully saturated rings. The molecule has 4 aromatic carbocycles. The third-order valence-corrected chi connectivity index (χ3v) is 12.0. The molecule has 1 heterocycles. The second-order valence-electron chi connectivity index (χ2n) is 16.8. The van der Waals surface area contributed by atoms with Crippen molar-refractivity contribution in [1.82, 2.24) is 0 Å². The first kappa shape index (κ1) is 32.1. The van der Waals surface area contributed by atoms with Crippen LogP contribution in [0.15, 0.2) is 84.9 Å². The van der Waals surface area contributed by atoms with Crippen LogP contribution in [0.25, 0.3) is 0 Å². The predicted molar refractivity (Wildman–Crippen MR) is 190 cm³/mol. The molecule has 0 aromatic heterocycles. The van der Waals surface area contributed by atoms with Gasteiger partial charge in [-0.3, -0.25) is 0 Å². The molecule has 4 aromatic rings. The lowest BCUT2D eigenvalue weighted by Crippen LogP contribution is -2.68. The van der Waals surface area contributed by atoms with Gasteiger partial charge >= 0.3 is 8.56 Å². The van der Waals surface area contributed by atoms with Crippen LogP contribution in [-0.2, 0) is 28.1 Å². The Morgan fingerprint density at radius 1 is 0.455 bits per heavy atom. The van der Waals surface area contributed by atoms with Gasteiger partial charge in [-0.05, 0) is 55.0 Å². The van der Waals surface area contributed by atoms with Crippen molar-refractivity contribution in [2.45, 2.75) is 111 Å². The maximum absolute atomic E-state index is 7.66. The largest absolute Gasteiger partial charge is 0.531 e. The minimum atomic E-state index is -3.37. The molecule has 0 radical (unpaired) electrons. The second-order valence-corrected chi connectivity index (χ2v) is 19.5. The number of hydrogen-bond acceptors (Lipinski definition) is 2. The van der Waals surface area contributed by atoms with Crippen LogP contribution < -0.4 is 19.2 Å². The number of rotatable bonds is 2. The number of benzene rings is 4. The van der Waals surface area contributed by atoms with E-state index in [2.05, 4.69) is 168 Å². The highest BCUT2D eigenvalue weighted by Crippen LogP contribution is 2.46. The fourth-order valence-electron chi connectivity index (χ4n) is 6.09. The molecule has 0 saturated carbocycles. The molecule has 0 amide bonds. The second kappa shape index (κ2) is 10.9. The molecular weight excluding hydrogens is 553 g/mol. The Morgan fingerprint density at radius 3 is 1.09 bits per heavy atom. The highest BCUT2D eigenvalue weighted by atomic mass is 28.4. The molecule has 44 heavy (non-hydrogen) atoms. The Hall–Kier alpha value is -3.30. The van der Waals surface area contributed by atoms with E-state index in [1.165, 1.54) is 33.4 Å². The van der Waals surface area contributed by atoms with E-state index in [9.17, 15) is 0 Å². The lowest BCUT2D eigenvalue weighted by atomic mass is 9.76. The molecule has 232 valence electrons. The highest BCUT2D eigenvalue weighted by molar-refractivity contribution is 6.93. The van der Waals surface area contributed by atoms with Gasteiger partial charge in [0.05, 0.1) is 0 Å². The van der Waals surface area contributed by atoms with E-state index in [0.29, 0.717) is 0 Å². The van der Waals surface area contributed by atoms with Gasteiger partial charge < -0.3 is 8.85 Å². The van der Waals surface area contributed by atoms with Crippen molar-refractivity contribution < 1.29 is 8.85 Å². The van der Waals surface area contributed by atoms with E-state index in [0.717, 1.165) is 28.3 Å². The third-order valence-electron chi connectivity index (χ3n) is 8.86. The summed E-state index contributed by atoms with van der Waals surface area (Å²) in [6, 6.07) is 31.0. The molecule has 0 aliphatic carbocycles. The van der Waals surface area contributed by atoms with Crippen molar-refractivity contribution in [2.75, 3.05) is 0 Å². The van der Waals surface area contributed by atoms with Gasteiger partial charge in [0.2, 0.25) is 0 Å². The summed E-state index contributed by atoms with van der Waals surface area (Å²) >= 11 is 0. The van der Waals surface area contributed by atoms with Crippen molar-refractivity contribution in [3.8, 4) is 11.5 Å². The van der Waals surface area contributed by atoms with Crippen LogP contribution >= 0.6 is 0 Å². The molecule has 0 saturated heterocycles. The molecule has 1 aliphatic rings. The lowest BCUT2D eigenvalue weighted by Gasteiger charge is -2.40. The molecule has 0 unspecified atom stereocenters. The van der Waals surface area contributed by atoms with Gasteiger partial charge in [-0.2, -0.15) is 0 Å². The summed E-state index contributed by atoms with van der Waals surface area (Å²) in [7, 11) is -3.37. The van der Waals surface area contributed by atoms with E-state index < -0.39 is 8.56 Å². The first-order valence-corrected chi connectivity index (χ1v) is 18.0. The van der Waals surface area contributed by atoms with Gasteiger partial charge in [0.25, 0.3) is 0 Å². The maximum atomic E-state index is 7.66. The van der Waals surface area contributed by atoms with Gasteiger partial charge in [0.1, 0.15) is 11.5 Å². The zero-order valence-corrected chi connectivity index (χ0v) is 30.1. The fourth-order valence-corrected chi connectivity index (χ4v) is 9.26. The molecule has 0 spiro atoms. The Morgan fingerprint density at radius 2 is 0.795 bits per heavy atom. The monoisotopic (exact) mass is 604 g/mol. The standard InChI is InChI=1S/C41H52O2Si/c1-38(2,3)30-24-28-23-29-25-31(39(4,5)6)27-35(41(10,11)12)37(29)43-44(32-19-15-13-16-20-32,33-21-17-14-18-22-33)42-36(28)34(26-30)40(7,8)9/h13-22,24-27H,23H2,1-12H3. The molecule has 3 heteroatoms. The van der Waals surface area contributed by atoms with Crippen LogP contribution in [0, 0.1) is 0 Å². The van der Waals surface area contributed by atoms with Gasteiger partial charge in [-0.1, -0.05) is 168 Å². The van der Waals surface area contributed by atoms with Crippen LogP contribution in [0.4, 0.5) is 0 Å². The van der Waals surface area contributed by atoms with Crippen LogP contribution in [0.3, 0.4) is 0 Å². The van der Waals surface area contributed by atoms with E-state index in [-0.39, 0.29) is 21.7 Å². The Labute approximate surface area is 268 Å². The van der Waals surface area contributed by atoms with E-state index in [1.54, 1.807) is 0 Å². The van der Waals surface area contributed by atoms with Gasteiger partial charge in [-0.25, -0.2) is 0 Å². The summed E-state index contributed by atoms with van der Waals surface area (Å²) in [6.45, 7) is 27.7. The number of hydrogen-bond donors (Lipinski definition) is 0. The zero-order chi connectivity index (χ0) is 32.3. The van der Waals surface area contributed by atoms with E-state index in [1.807, 2.05) is 0 Å². The predicted octanol–water partition coefficient (Wildman–Crippen LogP) is 9.50. The molecule has 0 atom stereocenters. The first-order chi connectivity index (χ1) is 20.3. The maximum Gasteiger partial charge on any atom is 0.531 e. The van der Waals surface area contributed by atoms with Gasteiger partial charge in [0, 0.05) is 16.8 Å². The Balaban J connectivity index is 1.99. The first-order valence-electron chi connectivity index (χ1n) is 16.2. The molecule has 5 rings (SSSR count). The average molecular weight is 605 g/mol. The van der Waals surface area contributed by atoms with Crippen LogP contribution in [-0.4, -0.2) is 8.56 Å². The van der Waals surface area contributed by atoms with Crippen LogP contribution in [0.1, 0.15) is 116 Å². The summed E-state index contributed by atoms with van der Waals surface area (Å²) in [5.74, 6) is 1.96. The number of fused-ring (bicyclic) bond motifs is 2. The summed E-state index contributed by atoms with van der Waals surface area (Å²) in [5.41, 5.74) is 7.34. The summed E-state index contributed by atoms with van der Waals surface area (Å²) in [4.78, 5) is 0. The average Bonchev–Trinajstić information content (AvgIpc) is 2.91. The molecular formula is C41H52O2Si. The van der Waals surface area contributed by atoms with Crippen LogP contribution in [0.2, 0.25) is 0 Å². The summed E-state index contributed by atoms with van der Waals surface area (Å²) in [6.07, 6.45) is 0.749. The summed E-state index contributed by atoms with van der Waals surface area (Å²) in [5, 5.41) is 2.20. The highest BCUT2D eigenvalue weighted by Gasteiger charge is 2.50. The van der Waals surface area contributed by atoms with Crippen molar-refractivity contribution in [1.29, 1.82) is 0 Å². The zero-order valence-electron chi connectivity index (χ0n) is 29.1. The van der Waals surface area contributed by atoms with Crippen molar-refractivity contribution in [2.24, 2.45) is 0 Å². The van der Waals surface area contributed by atoms with Gasteiger partial charge in [0.15, 0.2) is 0 Å². The third kappa shape index (κ3) is 6.13. The Kier molecular flexibility index (Phi) is 7.99. The smallest absolute Gasteiger partial charge is 0.505 e. The molecule has 0 N–H and O–H groups in total.